The van der Waals surface area contributed by atoms with E-state index in [-0.39, 0.29) is 23.9 Å². The number of carbonyl (C=O) groups excluding carboxylic acids is 1. The molecule has 0 saturated carbocycles. The zero-order valence-corrected chi connectivity index (χ0v) is 12.4. The second kappa shape index (κ2) is 5.95. The predicted octanol–water partition coefficient (Wildman–Crippen LogP) is 2.18. The van der Waals surface area contributed by atoms with Crippen molar-refractivity contribution in [3.05, 3.63) is 29.0 Å². The number of ether oxygens (including phenoxy) is 4. The molecule has 1 unspecified atom stereocenters. The second-order valence-corrected chi connectivity index (χ2v) is 4.62. The van der Waals surface area contributed by atoms with E-state index >= 15 is 0 Å². The van der Waals surface area contributed by atoms with Crippen LogP contribution >= 0.6 is 0 Å². The van der Waals surface area contributed by atoms with Crippen LogP contribution in [0.4, 0.5) is 0 Å². The van der Waals surface area contributed by atoms with E-state index in [9.17, 15) is 9.90 Å². The topological polar surface area (TPSA) is 74.2 Å². The molecule has 2 rings (SSSR count). The average Bonchev–Trinajstić information content (AvgIpc) is 2.83. The van der Waals surface area contributed by atoms with Gasteiger partial charge in [-0.25, -0.2) is 4.79 Å². The van der Waals surface area contributed by atoms with E-state index in [4.69, 9.17) is 18.9 Å². The Labute approximate surface area is 122 Å². The minimum Gasteiger partial charge on any atom is -0.508 e. The first-order valence-corrected chi connectivity index (χ1v) is 6.42. The van der Waals surface area contributed by atoms with Gasteiger partial charge < -0.3 is 24.1 Å². The average molecular weight is 294 g/mol. The molecule has 21 heavy (non-hydrogen) atoms. The number of aliphatic hydroxyl groups excluding tert-OH is 1. The quantitative estimate of drug-likeness (QED) is 0.839. The second-order valence-electron chi connectivity index (χ2n) is 4.62. The Kier molecular flexibility index (Phi) is 4.26. The van der Waals surface area contributed by atoms with E-state index in [1.54, 1.807) is 19.1 Å². The number of methoxy groups -OCH3 is 3. The minimum absolute atomic E-state index is 0.0405. The van der Waals surface area contributed by atoms with Crippen LogP contribution in [0.25, 0.3) is 0 Å². The number of esters is 1. The van der Waals surface area contributed by atoms with Crippen LogP contribution in [0.15, 0.2) is 23.5 Å². The van der Waals surface area contributed by atoms with Crippen molar-refractivity contribution in [2.45, 2.75) is 12.8 Å². The zero-order chi connectivity index (χ0) is 15.6. The maximum absolute atomic E-state index is 11.7. The van der Waals surface area contributed by atoms with E-state index < -0.39 is 5.97 Å². The molecule has 1 N–H and O–H groups in total. The highest BCUT2D eigenvalue weighted by Gasteiger charge is 2.31. The van der Waals surface area contributed by atoms with Crippen molar-refractivity contribution in [1.29, 1.82) is 0 Å². The van der Waals surface area contributed by atoms with Crippen LogP contribution in [0.2, 0.25) is 0 Å². The number of hydrogen-bond donors (Lipinski definition) is 1. The molecule has 0 saturated heterocycles. The smallest absolute Gasteiger partial charge is 0.338 e. The standard InChI is InChI=1S/C15H18O6/c1-8(13-10(16)7-21-15(13)17)9-5-11(18-2)14(20-4)12(6-9)19-3/h5-6,8,16H,7H2,1-4H3. The molecule has 0 amide bonds. The number of carbonyl (C=O) groups is 1. The molecule has 6 nitrogen and oxygen atoms in total. The lowest BCUT2D eigenvalue weighted by molar-refractivity contribution is -0.136. The Balaban J connectivity index is 2.49. The van der Waals surface area contributed by atoms with Gasteiger partial charge in [0, 0.05) is 5.92 Å². The van der Waals surface area contributed by atoms with Gasteiger partial charge >= 0.3 is 5.97 Å². The minimum atomic E-state index is -0.506. The van der Waals surface area contributed by atoms with Crippen molar-refractivity contribution in [3.63, 3.8) is 0 Å². The molecule has 0 aromatic heterocycles. The van der Waals surface area contributed by atoms with Crippen LogP contribution in [0.5, 0.6) is 17.2 Å². The summed E-state index contributed by atoms with van der Waals surface area (Å²) in [5.74, 6) is 0.558. The monoisotopic (exact) mass is 294 g/mol. The van der Waals surface area contributed by atoms with Gasteiger partial charge in [-0.15, -0.1) is 0 Å². The van der Waals surface area contributed by atoms with Gasteiger partial charge in [-0.3, -0.25) is 0 Å². The molecule has 1 heterocycles. The molecular formula is C15H18O6. The SMILES string of the molecule is COc1cc(C(C)C2=C(O)COC2=O)cc(OC)c1OC. The molecule has 0 aliphatic carbocycles. The normalized spacial score (nSPS) is 15.7. The number of rotatable bonds is 5. The van der Waals surface area contributed by atoms with Crippen molar-refractivity contribution in [2.24, 2.45) is 0 Å². The van der Waals surface area contributed by atoms with Crippen molar-refractivity contribution < 1.29 is 28.8 Å². The fraction of sp³-hybridized carbons (Fsp3) is 0.400. The van der Waals surface area contributed by atoms with Gasteiger partial charge in [0.25, 0.3) is 0 Å². The molecular weight excluding hydrogens is 276 g/mol. The Morgan fingerprint density at radius 2 is 1.71 bits per heavy atom. The van der Waals surface area contributed by atoms with Crippen molar-refractivity contribution in [1.82, 2.24) is 0 Å². The molecule has 1 aliphatic heterocycles. The summed E-state index contributed by atoms with van der Waals surface area (Å²) < 4.78 is 20.7. The zero-order valence-electron chi connectivity index (χ0n) is 12.4. The van der Waals surface area contributed by atoms with Gasteiger partial charge in [-0.05, 0) is 17.7 Å². The van der Waals surface area contributed by atoms with Crippen molar-refractivity contribution in [2.75, 3.05) is 27.9 Å². The summed E-state index contributed by atoms with van der Waals surface area (Å²) in [6, 6.07) is 3.50. The maximum atomic E-state index is 11.7. The molecule has 0 radical (unpaired) electrons. The van der Waals surface area contributed by atoms with Gasteiger partial charge in [0.15, 0.2) is 11.5 Å². The highest BCUT2D eigenvalue weighted by atomic mass is 16.5. The molecule has 1 aromatic carbocycles. The fourth-order valence-electron chi connectivity index (χ4n) is 2.35. The lowest BCUT2D eigenvalue weighted by Gasteiger charge is -2.17. The van der Waals surface area contributed by atoms with E-state index in [0.717, 1.165) is 5.56 Å². The van der Waals surface area contributed by atoms with E-state index in [1.807, 2.05) is 0 Å². The fourth-order valence-corrected chi connectivity index (χ4v) is 2.35. The van der Waals surface area contributed by atoms with Crippen molar-refractivity contribution >= 4 is 5.97 Å². The maximum Gasteiger partial charge on any atom is 0.338 e. The number of aliphatic hydroxyl groups is 1. The third kappa shape index (κ3) is 2.61. The molecule has 0 bridgehead atoms. The third-order valence-corrected chi connectivity index (χ3v) is 3.49. The largest absolute Gasteiger partial charge is 0.508 e. The number of cyclic esters (lactones) is 1. The first-order valence-electron chi connectivity index (χ1n) is 6.42. The van der Waals surface area contributed by atoms with Crippen molar-refractivity contribution in [3.8, 4) is 17.2 Å². The first kappa shape index (κ1) is 15.0. The van der Waals surface area contributed by atoms with Crippen LogP contribution in [-0.2, 0) is 9.53 Å². The van der Waals surface area contributed by atoms with Crippen LogP contribution < -0.4 is 14.2 Å². The molecule has 1 aliphatic rings. The summed E-state index contributed by atoms with van der Waals surface area (Å²) in [5, 5.41) is 9.79. The third-order valence-electron chi connectivity index (χ3n) is 3.49. The molecule has 1 atom stereocenters. The van der Waals surface area contributed by atoms with Crippen LogP contribution in [0, 0.1) is 0 Å². The summed E-state index contributed by atoms with van der Waals surface area (Å²) in [6.07, 6.45) is 0. The van der Waals surface area contributed by atoms with Gasteiger partial charge in [0.1, 0.15) is 12.4 Å². The molecule has 114 valence electrons. The van der Waals surface area contributed by atoms with Crippen LogP contribution in [-0.4, -0.2) is 39.0 Å². The summed E-state index contributed by atoms with van der Waals surface area (Å²) in [6.45, 7) is 1.72. The van der Waals surface area contributed by atoms with Gasteiger partial charge in [-0.2, -0.15) is 0 Å². The number of hydrogen-bond acceptors (Lipinski definition) is 6. The Morgan fingerprint density at radius 1 is 1.14 bits per heavy atom. The lowest BCUT2D eigenvalue weighted by Crippen LogP contribution is -2.08. The molecule has 1 aromatic rings. The summed E-state index contributed by atoms with van der Waals surface area (Å²) in [5.41, 5.74) is 1.01. The molecule has 0 spiro atoms. The Bertz CT molecular complexity index is 565. The van der Waals surface area contributed by atoms with Gasteiger partial charge in [-0.1, -0.05) is 6.92 Å². The van der Waals surface area contributed by atoms with Gasteiger partial charge in [0.05, 0.1) is 26.9 Å². The first-order chi connectivity index (χ1) is 10.0. The Morgan fingerprint density at radius 3 is 2.10 bits per heavy atom. The van der Waals surface area contributed by atoms with E-state index in [2.05, 4.69) is 0 Å². The summed E-state index contributed by atoms with van der Waals surface area (Å²) in [7, 11) is 4.56. The van der Waals surface area contributed by atoms with Crippen LogP contribution in [0.3, 0.4) is 0 Å². The Hall–Kier alpha value is -2.37. The lowest BCUT2D eigenvalue weighted by atomic mass is 9.92. The van der Waals surface area contributed by atoms with Crippen LogP contribution in [0.1, 0.15) is 18.4 Å². The number of benzene rings is 1. The summed E-state index contributed by atoms with van der Waals surface area (Å²) in [4.78, 5) is 11.7. The van der Waals surface area contributed by atoms with E-state index in [1.165, 1.54) is 21.3 Å². The predicted molar refractivity (Wildman–Crippen MR) is 75.1 cm³/mol. The van der Waals surface area contributed by atoms with E-state index in [0.29, 0.717) is 17.2 Å². The highest BCUT2D eigenvalue weighted by Crippen LogP contribution is 2.42. The molecule has 0 fully saturated rings. The summed E-state index contributed by atoms with van der Waals surface area (Å²) >= 11 is 0. The highest BCUT2D eigenvalue weighted by molar-refractivity contribution is 5.93. The van der Waals surface area contributed by atoms with Gasteiger partial charge in [0.2, 0.25) is 5.75 Å². The molecule has 6 heteroatoms.